The van der Waals surface area contributed by atoms with Crippen LogP contribution in [0, 0.1) is 17.2 Å². The first-order valence-corrected chi connectivity index (χ1v) is 14.3. The largest absolute Gasteiger partial charge is 0.497 e. The molecular weight excluding hydrogens is 503 g/mol. The molecule has 0 saturated heterocycles. The lowest BCUT2D eigenvalue weighted by molar-refractivity contribution is -0.153. The summed E-state index contributed by atoms with van der Waals surface area (Å²) in [5.41, 5.74) is 7.14. The molecule has 2 atom stereocenters. The van der Waals surface area contributed by atoms with E-state index in [1.54, 1.807) is 19.2 Å². The number of rotatable bonds is 7. The number of ether oxygens (including phenoxy) is 3. The topological polar surface area (TPSA) is 44.8 Å². The molecule has 40 heavy (non-hydrogen) atoms. The smallest absolute Gasteiger partial charge is 0.309 e. The number of hydrogen-bond acceptors (Lipinski definition) is 4. The summed E-state index contributed by atoms with van der Waals surface area (Å²) < 4.78 is 32.0. The molecule has 0 N–H and O–H groups in total. The number of carbonyl (C=O) groups is 1. The minimum Gasteiger partial charge on any atom is -0.497 e. The number of esters is 1. The number of methoxy groups -OCH3 is 2. The van der Waals surface area contributed by atoms with Crippen LogP contribution in [0.2, 0.25) is 0 Å². The summed E-state index contributed by atoms with van der Waals surface area (Å²) in [5.74, 6) is 1.000. The quantitative estimate of drug-likeness (QED) is 0.285. The van der Waals surface area contributed by atoms with Gasteiger partial charge in [0, 0.05) is 11.0 Å². The molecule has 4 nitrogen and oxygen atoms in total. The first-order valence-electron chi connectivity index (χ1n) is 14.3. The highest BCUT2D eigenvalue weighted by Gasteiger charge is 2.55. The highest BCUT2D eigenvalue weighted by molar-refractivity contribution is 5.85. The molecule has 0 aliphatic heterocycles. The van der Waals surface area contributed by atoms with Gasteiger partial charge in [-0.2, -0.15) is 0 Å². The zero-order valence-corrected chi connectivity index (χ0v) is 23.8. The maximum absolute atomic E-state index is 15.1. The van der Waals surface area contributed by atoms with E-state index in [9.17, 15) is 4.79 Å². The van der Waals surface area contributed by atoms with Gasteiger partial charge in [-0.05, 0) is 114 Å². The summed E-state index contributed by atoms with van der Waals surface area (Å²) in [7, 11) is 3.08. The fourth-order valence-corrected chi connectivity index (χ4v) is 7.17. The van der Waals surface area contributed by atoms with Gasteiger partial charge in [-0.25, -0.2) is 4.39 Å². The molecule has 6 rings (SSSR count). The maximum atomic E-state index is 15.1. The second kappa shape index (κ2) is 10.1. The Bertz CT molecular complexity index is 1500. The Morgan fingerprint density at radius 1 is 0.925 bits per heavy atom. The molecule has 0 bridgehead atoms. The van der Waals surface area contributed by atoms with Crippen LogP contribution in [0.1, 0.15) is 68.2 Å². The lowest BCUT2D eigenvalue weighted by Crippen LogP contribution is -2.47. The molecule has 0 heterocycles. The van der Waals surface area contributed by atoms with Crippen molar-refractivity contribution in [2.75, 3.05) is 14.2 Å². The Kier molecular flexibility index (Phi) is 6.72. The molecule has 1 saturated carbocycles. The Morgan fingerprint density at radius 3 is 2.45 bits per heavy atom. The molecule has 2 unspecified atom stereocenters. The van der Waals surface area contributed by atoms with E-state index in [4.69, 9.17) is 14.2 Å². The van der Waals surface area contributed by atoms with Crippen LogP contribution in [-0.2, 0) is 28.0 Å². The van der Waals surface area contributed by atoms with Gasteiger partial charge in [0.2, 0.25) is 0 Å². The summed E-state index contributed by atoms with van der Waals surface area (Å²) in [6.07, 6.45) is 8.23. The molecule has 1 fully saturated rings. The third-order valence-corrected chi connectivity index (χ3v) is 9.58. The lowest BCUT2D eigenvalue weighted by atomic mass is 9.57. The van der Waals surface area contributed by atoms with Gasteiger partial charge in [0.05, 0.1) is 20.1 Å². The van der Waals surface area contributed by atoms with Crippen LogP contribution in [0.3, 0.4) is 0 Å². The molecule has 0 aromatic heterocycles. The van der Waals surface area contributed by atoms with Crippen LogP contribution in [-0.4, -0.2) is 20.2 Å². The van der Waals surface area contributed by atoms with Crippen molar-refractivity contribution in [1.29, 1.82) is 0 Å². The third kappa shape index (κ3) is 4.40. The number of hydrogen-bond donors (Lipinski definition) is 0. The predicted molar refractivity (Wildman–Crippen MR) is 155 cm³/mol. The zero-order chi connectivity index (χ0) is 28.1. The van der Waals surface area contributed by atoms with E-state index in [1.807, 2.05) is 18.2 Å². The van der Waals surface area contributed by atoms with Crippen LogP contribution >= 0.6 is 0 Å². The SMILES string of the molecule is COC(=O)C1CCC12CCc1ccc(OCc3ccc(-c4cc(OC)ccc4F)c(C4=CCCC4(C)C)c3)cc12. The van der Waals surface area contributed by atoms with E-state index in [-0.39, 0.29) is 28.5 Å². The standard InChI is InChI=1S/C35H37FO4/c1-34(2)15-5-6-29(34)27-18-22(7-11-26(27)28-19-24(38-3)10-12-32(28)36)21-40-25-9-8-23-13-16-35(31(23)20-25)17-14-30(35)33(37)39-4/h6-12,18-20,30H,5,13-17,21H2,1-4H3. The van der Waals surface area contributed by atoms with E-state index in [0.717, 1.165) is 61.0 Å². The van der Waals surface area contributed by atoms with Gasteiger partial charge in [0.15, 0.2) is 0 Å². The average molecular weight is 541 g/mol. The van der Waals surface area contributed by atoms with Gasteiger partial charge < -0.3 is 14.2 Å². The normalized spacial score (nSPS) is 22.4. The van der Waals surface area contributed by atoms with Crippen molar-refractivity contribution in [3.8, 4) is 22.6 Å². The van der Waals surface area contributed by atoms with Crippen molar-refractivity contribution in [1.82, 2.24) is 0 Å². The second-order valence-electron chi connectivity index (χ2n) is 12.1. The fourth-order valence-electron chi connectivity index (χ4n) is 7.17. The summed E-state index contributed by atoms with van der Waals surface area (Å²) in [6, 6.07) is 17.4. The molecule has 208 valence electrons. The monoisotopic (exact) mass is 540 g/mol. The van der Waals surface area contributed by atoms with Gasteiger partial charge in [-0.15, -0.1) is 0 Å². The summed E-state index contributed by atoms with van der Waals surface area (Å²) in [6.45, 7) is 4.90. The van der Waals surface area contributed by atoms with Crippen LogP contribution in [0.5, 0.6) is 11.5 Å². The van der Waals surface area contributed by atoms with Gasteiger partial charge in [-0.3, -0.25) is 4.79 Å². The summed E-state index contributed by atoms with van der Waals surface area (Å²) in [4.78, 5) is 12.4. The molecule has 3 aliphatic carbocycles. The molecule has 3 aliphatic rings. The molecule has 0 amide bonds. The number of aryl methyl sites for hydroxylation is 1. The van der Waals surface area contributed by atoms with Crippen molar-refractivity contribution >= 4 is 11.5 Å². The minimum absolute atomic E-state index is 0.00315. The van der Waals surface area contributed by atoms with Crippen LogP contribution in [0.15, 0.2) is 60.7 Å². The molecule has 0 radical (unpaired) electrons. The number of fused-ring (bicyclic) bond motifs is 2. The van der Waals surface area contributed by atoms with Crippen molar-refractivity contribution in [3.63, 3.8) is 0 Å². The first kappa shape index (κ1) is 26.6. The Labute approximate surface area is 236 Å². The van der Waals surface area contributed by atoms with Crippen LogP contribution in [0.25, 0.3) is 16.7 Å². The van der Waals surface area contributed by atoms with E-state index in [0.29, 0.717) is 17.9 Å². The number of carbonyl (C=O) groups excluding carboxylic acids is 1. The van der Waals surface area contributed by atoms with Crippen LogP contribution in [0.4, 0.5) is 4.39 Å². The van der Waals surface area contributed by atoms with Gasteiger partial charge in [-0.1, -0.05) is 38.1 Å². The Hall–Kier alpha value is -3.60. The summed E-state index contributed by atoms with van der Waals surface area (Å²) in [5, 5.41) is 0. The average Bonchev–Trinajstić information content (AvgIpc) is 3.51. The van der Waals surface area contributed by atoms with Gasteiger partial charge in [0.25, 0.3) is 0 Å². The van der Waals surface area contributed by atoms with E-state index in [1.165, 1.54) is 29.9 Å². The number of halogens is 1. The maximum Gasteiger partial charge on any atom is 0.309 e. The van der Waals surface area contributed by atoms with E-state index >= 15 is 4.39 Å². The molecule has 1 spiro atoms. The molecule has 3 aromatic rings. The molecule has 3 aromatic carbocycles. The Balaban J connectivity index is 1.31. The third-order valence-electron chi connectivity index (χ3n) is 9.58. The van der Waals surface area contributed by atoms with E-state index < -0.39 is 0 Å². The highest BCUT2D eigenvalue weighted by atomic mass is 19.1. The number of allylic oxidation sites excluding steroid dienone is 2. The van der Waals surface area contributed by atoms with Crippen molar-refractivity contribution in [2.24, 2.45) is 11.3 Å². The Morgan fingerprint density at radius 2 is 1.75 bits per heavy atom. The fraction of sp³-hybridized carbons (Fsp3) is 0.400. The number of benzene rings is 3. The zero-order valence-electron chi connectivity index (χ0n) is 23.8. The predicted octanol–water partition coefficient (Wildman–Crippen LogP) is 8.05. The molecular formula is C35H37FO4. The second-order valence-corrected chi connectivity index (χ2v) is 12.1. The van der Waals surface area contributed by atoms with Crippen molar-refractivity contribution in [2.45, 2.75) is 64.4 Å². The first-order chi connectivity index (χ1) is 19.3. The summed E-state index contributed by atoms with van der Waals surface area (Å²) >= 11 is 0. The van der Waals surface area contributed by atoms with Crippen LogP contribution < -0.4 is 9.47 Å². The minimum atomic E-state index is -0.268. The van der Waals surface area contributed by atoms with Gasteiger partial charge in [0.1, 0.15) is 23.9 Å². The van der Waals surface area contributed by atoms with Gasteiger partial charge >= 0.3 is 5.97 Å². The van der Waals surface area contributed by atoms with Crippen molar-refractivity contribution < 1.29 is 23.4 Å². The van der Waals surface area contributed by atoms with E-state index in [2.05, 4.69) is 38.1 Å². The van der Waals surface area contributed by atoms with Crippen molar-refractivity contribution in [3.05, 3.63) is 88.7 Å². The molecule has 5 heteroatoms. The lowest BCUT2D eigenvalue weighted by Gasteiger charge is -2.46. The highest BCUT2D eigenvalue weighted by Crippen LogP contribution is 2.57.